The second kappa shape index (κ2) is 12.3. The van der Waals surface area contributed by atoms with Crippen LogP contribution in [0, 0.1) is 11.3 Å². The lowest BCUT2D eigenvalue weighted by Gasteiger charge is -2.41. The second-order valence-electron chi connectivity index (χ2n) is 10.1. The number of unbranched alkanes of at least 4 members (excludes halogenated alkanes) is 3. The van der Waals surface area contributed by atoms with Crippen molar-refractivity contribution in [2.45, 2.75) is 102 Å². The summed E-state index contributed by atoms with van der Waals surface area (Å²) in [6, 6.07) is 10.4. The van der Waals surface area contributed by atoms with Crippen LogP contribution in [-0.2, 0) is 11.2 Å². The van der Waals surface area contributed by atoms with Crippen molar-refractivity contribution < 1.29 is 20.1 Å². The largest absolute Gasteiger partial charge is 0.481 e. The summed E-state index contributed by atoms with van der Waals surface area (Å²) in [4.78, 5) is 10.6. The molecule has 0 aliphatic heterocycles. The molecule has 4 atom stereocenters. The average molecular weight is 451 g/mol. The molecule has 0 bridgehead atoms. The predicted molar refractivity (Wildman–Crippen MR) is 129 cm³/mol. The topological polar surface area (TPSA) is 77.8 Å². The van der Waals surface area contributed by atoms with E-state index in [1.54, 1.807) is 0 Å². The summed E-state index contributed by atoms with van der Waals surface area (Å²) in [6.45, 7) is 6.29. The van der Waals surface area contributed by atoms with E-state index in [1.807, 2.05) is 24.8 Å². The van der Waals surface area contributed by atoms with Gasteiger partial charge < -0.3 is 15.3 Å². The molecular weight excluding hydrogens is 408 g/mol. The number of rotatable bonds is 14. The minimum Gasteiger partial charge on any atom is -0.481 e. The number of hydrogen-bond acceptors (Lipinski definition) is 4. The van der Waals surface area contributed by atoms with Crippen LogP contribution in [-0.4, -0.2) is 44.0 Å². The van der Waals surface area contributed by atoms with Crippen molar-refractivity contribution in [3.63, 3.8) is 0 Å². The van der Waals surface area contributed by atoms with Gasteiger partial charge in [-0.2, -0.15) is 11.8 Å². The van der Waals surface area contributed by atoms with Crippen molar-refractivity contribution in [2.24, 2.45) is 11.3 Å². The average Bonchev–Trinajstić information content (AvgIpc) is 3.07. The molecule has 3 N–H and O–H groups in total. The van der Waals surface area contributed by atoms with Gasteiger partial charge in [0.1, 0.15) is 0 Å². The minimum absolute atomic E-state index is 0.202. The number of hydrogen-bond donors (Lipinski definition) is 3. The molecule has 176 valence electrons. The lowest BCUT2D eigenvalue weighted by atomic mass is 9.73. The van der Waals surface area contributed by atoms with Crippen LogP contribution in [0.3, 0.4) is 0 Å². The number of benzene rings is 1. The normalized spacial score (nSPS) is 23.6. The zero-order valence-corrected chi connectivity index (χ0v) is 20.4. The van der Waals surface area contributed by atoms with Crippen LogP contribution in [0.1, 0.15) is 84.1 Å². The Kier molecular flexibility index (Phi) is 10.4. The van der Waals surface area contributed by atoms with Crippen LogP contribution in [0.4, 0.5) is 0 Å². The molecule has 5 heteroatoms. The molecule has 0 heterocycles. The van der Waals surface area contributed by atoms with Crippen LogP contribution < -0.4 is 0 Å². The zero-order chi connectivity index (χ0) is 22.9. The molecule has 1 aromatic carbocycles. The first-order valence-corrected chi connectivity index (χ1v) is 12.9. The maximum Gasteiger partial charge on any atom is 0.303 e. The molecule has 31 heavy (non-hydrogen) atoms. The minimum atomic E-state index is -0.776. The number of carboxylic acid groups (broad SMARTS) is 1. The SMILES string of the molecule is CC(C)(CCc1ccccc1)C(C)(O)CSC1CCC(O)C1CCCCCCC(=O)O. The Bertz CT molecular complexity index is 659. The van der Waals surface area contributed by atoms with Crippen LogP contribution in [0.5, 0.6) is 0 Å². The van der Waals surface area contributed by atoms with E-state index in [9.17, 15) is 15.0 Å². The maximum atomic E-state index is 11.3. The fraction of sp³-hybridized carbons (Fsp3) is 0.731. The molecule has 4 nitrogen and oxygen atoms in total. The predicted octanol–water partition coefficient (Wildman–Crippen LogP) is 5.69. The van der Waals surface area contributed by atoms with Gasteiger partial charge in [-0.3, -0.25) is 4.79 Å². The van der Waals surface area contributed by atoms with Gasteiger partial charge in [0.05, 0.1) is 11.7 Å². The highest BCUT2D eigenvalue weighted by atomic mass is 32.2. The molecule has 0 amide bonds. The third kappa shape index (κ3) is 8.43. The van der Waals surface area contributed by atoms with Crippen LogP contribution in [0.2, 0.25) is 0 Å². The van der Waals surface area contributed by atoms with E-state index >= 15 is 0 Å². The second-order valence-corrected chi connectivity index (χ2v) is 11.4. The highest BCUT2D eigenvalue weighted by Crippen LogP contribution is 2.43. The lowest BCUT2D eigenvalue weighted by Crippen LogP contribution is -2.45. The highest BCUT2D eigenvalue weighted by molar-refractivity contribution is 8.00. The molecule has 2 rings (SSSR count). The van der Waals surface area contributed by atoms with Gasteiger partial charge in [0.15, 0.2) is 0 Å². The van der Waals surface area contributed by atoms with Gasteiger partial charge in [-0.1, -0.05) is 63.4 Å². The summed E-state index contributed by atoms with van der Waals surface area (Å²) in [5.74, 6) is 0.246. The quantitative estimate of drug-likeness (QED) is 0.317. The summed E-state index contributed by atoms with van der Waals surface area (Å²) in [5, 5.41) is 30.9. The van der Waals surface area contributed by atoms with Gasteiger partial charge in [-0.05, 0) is 62.3 Å². The smallest absolute Gasteiger partial charge is 0.303 e. The molecule has 1 fully saturated rings. The van der Waals surface area contributed by atoms with E-state index in [0.717, 1.165) is 57.8 Å². The standard InChI is InChI=1S/C26H42O4S/c1-25(2,18-17-20-11-7-6-8-12-20)26(3,30)19-31-23-16-15-22(27)21(23)13-9-4-5-10-14-24(28)29/h6-8,11-12,21-23,27,30H,4-5,9-10,13-19H2,1-3H3,(H,28,29). The number of aryl methyl sites for hydroxylation is 1. The Balaban J connectivity index is 1.79. The van der Waals surface area contributed by atoms with Crippen molar-refractivity contribution in [3.8, 4) is 0 Å². The summed E-state index contributed by atoms with van der Waals surface area (Å²) < 4.78 is 0. The van der Waals surface area contributed by atoms with E-state index < -0.39 is 11.6 Å². The first kappa shape index (κ1) is 26.2. The molecule has 1 saturated carbocycles. The van der Waals surface area contributed by atoms with Gasteiger partial charge in [-0.15, -0.1) is 0 Å². The Morgan fingerprint density at radius 2 is 1.74 bits per heavy atom. The molecule has 4 unspecified atom stereocenters. The number of thioether (sulfide) groups is 1. The van der Waals surface area contributed by atoms with Gasteiger partial charge >= 0.3 is 5.97 Å². The molecule has 0 radical (unpaired) electrons. The molecule has 0 spiro atoms. The van der Waals surface area contributed by atoms with Crippen LogP contribution >= 0.6 is 11.8 Å². The number of carbonyl (C=O) groups is 1. The van der Waals surface area contributed by atoms with Crippen LogP contribution in [0.15, 0.2) is 30.3 Å². The van der Waals surface area contributed by atoms with E-state index in [0.29, 0.717) is 11.0 Å². The third-order valence-corrected chi connectivity index (χ3v) is 9.06. The fourth-order valence-corrected chi connectivity index (χ4v) is 6.24. The van der Waals surface area contributed by atoms with Crippen LogP contribution in [0.25, 0.3) is 0 Å². The zero-order valence-electron chi connectivity index (χ0n) is 19.6. The molecule has 1 aliphatic rings. The number of aliphatic carboxylic acids is 1. The third-order valence-electron chi connectivity index (χ3n) is 7.31. The van der Waals surface area contributed by atoms with E-state index in [1.165, 1.54) is 5.56 Å². The number of aliphatic hydroxyl groups is 2. The Hall–Kier alpha value is -1.04. The van der Waals surface area contributed by atoms with Crippen molar-refractivity contribution >= 4 is 17.7 Å². The summed E-state index contributed by atoms with van der Waals surface area (Å²) in [7, 11) is 0. The van der Waals surface area contributed by atoms with Gasteiger partial charge in [-0.25, -0.2) is 0 Å². The monoisotopic (exact) mass is 450 g/mol. The van der Waals surface area contributed by atoms with Crippen molar-refractivity contribution in [1.29, 1.82) is 0 Å². The first-order chi connectivity index (χ1) is 14.6. The van der Waals surface area contributed by atoms with E-state index in [-0.39, 0.29) is 23.9 Å². The molecule has 1 aromatic rings. The van der Waals surface area contributed by atoms with Crippen molar-refractivity contribution in [1.82, 2.24) is 0 Å². The van der Waals surface area contributed by atoms with Crippen molar-refractivity contribution in [3.05, 3.63) is 35.9 Å². The summed E-state index contributed by atoms with van der Waals surface area (Å²) >= 11 is 1.84. The Labute approximate surface area is 192 Å². The van der Waals surface area contributed by atoms with Gasteiger partial charge in [0.2, 0.25) is 0 Å². The summed E-state index contributed by atoms with van der Waals surface area (Å²) in [6.07, 6.45) is 8.49. The lowest BCUT2D eigenvalue weighted by molar-refractivity contribution is -0.137. The molecular formula is C26H42O4S. The Morgan fingerprint density at radius 1 is 1.06 bits per heavy atom. The van der Waals surface area contributed by atoms with Crippen molar-refractivity contribution in [2.75, 3.05) is 5.75 Å². The molecule has 1 aliphatic carbocycles. The number of aliphatic hydroxyl groups excluding tert-OH is 1. The fourth-order valence-electron chi connectivity index (χ4n) is 4.44. The number of carboxylic acids is 1. The molecule has 0 saturated heterocycles. The van der Waals surface area contributed by atoms with Gasteiger partial charge in [0.25, 0.3) is 0 Å². The maximum absolute atomic E-state index is 11.3. The first-order valence-electron chi connectivity index (χ1n) is 11.9. The van der Waals surface area contributed by atoms with E-state index in [4.69, 9.17) is 5.11 Å². The highest BCUT2D eigenvalue weighted by Gasteiger charge is 2.41. The Morgan fingerprint density at radius 3 is 2.42 bits per heavy atom. The molecule has 0 aromatic heterocycles. The van der Waals surface area contributed by atoms with Gasteiger partial charge in [0, 0.05) is 17.4 Å². The summed E-state index contributed by atoms with van der Waals surface area (Å²) in [5.41, 5.74) is 0.329. The van der Waals surface area contributed by atoms with E-state index in [2.05, 4.69) is 38.1 Å².